The van der Waals surface area contributed by atoms with Crippen molar-refractivity contribution in [1.82, 2.24) is 4.90 Å². The van der Waals surface area contributed by atoms with Crippen LogP contribution in [0.5, 0.6) is 0 Å². The van der Waals surface area contributed by atoms with Gasteiger partial charge in [0.15, 0.2) is 0 Å². The van der Waals surface area contributed by atoms with Crippen molar-refractivity contribution in [2.24, 2.45) is 0 Å². The summed E-state index contributed by atoms with van der Waals surface area (Å²) in [5.74, 6) is -0.219. The minimum Gasteiger partial charge on any atom is -0.300 e. The van der Waals surface area contributed by atoms with E-state index < -0.39 is 0 Å². The Kier molecular flexibility index (Phi) is 20.1. The van der Waals surface area contributed by atoms with Gasteiger partial charge in [0.05, 0.1) is 0 Å². The standard InChI is InChI=1S/C16H23Br2NO3.C3H8.C2H6/c1-12(20)10-8-6-4-2-3-5-7-9-11-19-15(21)13(17)14(18)16(19)22;1-3-2;1-2/h2-11H2,1H3;3H2,1-2H3;1-2H3. The Bertz CT molecular complexity index is 452. The summed E-state index contributed by atoms with van der Waals surface area (Å²) in [6.45, 7) is 10.4. The molecular weight excluding hydrogens is 474 g/mol. The van der Waals surface area contributed by atoms with E-state index in [0.29, 0.717) is 21.9 Å². The molecular formula is C21H37Br2NO3. The maximum atomic E-state index is 11.8. The smallest absolute Gasteiger partial charge is 0.269 e. The topological polar surface area (TPSA) is 54.5 Å². The molecule has 0 radical (unpaired) electrons. The molecule has 1 aliphatic rings. The lowest BCUT2D eigenvalue weighted by atomic mass is 10.1. The monoisotopic (exact) mass is 509 g/mol. The van der Waals surface area contributed by atoms with Crippen molar-refractivity contribution in [1.29, 1.82) is 0 Å². The van der Waals surface area contributed by atoms with Crippen LogP contribution in [0, 0.1) is 0 Å². The molecule has 27 heavy (non-hydrogen) atoms. The van der Waals surface area contributed by atoms with Crippen molar-refractivity contribution in [3.05, 3.63) is 8.96 Å². The Morgan fingerprint density at radius 3 is 1.48 bits per heavy atom. The van der Waals surface area contributed by atoms with Crippen LogP contribution in [-0.4, -0.2) is 29.0 Å². The Hall–Kier alpha value is -0.490. The fraction of sp³-hybridized carbons (Fsp3) is 0.762. The lowest BCUT2D eigenvalue weighted by Crippen LogP contribution is -2.32. The first-order valence-electron chi connectivity index (χ1n) is 10.3. The predicted octanol–water partition coefficient (Wildman–Crippen LogP) is 6.90. The minimum absolute atomic E-state index is 0.248. The van der Waals surface area contributed by atoms with Gasteiger partial charge in [-0.1, -0.05) is 72.6 Å². The van der Waals surface area contributed by atoms with Gasteiger partial charge in [0, 0.05) is 13.0 Å². The predicted molar refractivity (Wildman–Crippen MR) is 121 cm³/mol. The zero-order valence-electron chi connectivity index (χ0n) is 17.7. The fourth-order valence-corrected chi connectivity index (χ4v) is 3.19. The van der Waals surface area contributed by atoms with Crippen molar-refractivity contribution < 1.29 is 14.4 Å². The molecule has 1 rings (SSSR count). The molecule has 0 saturated carbocycles. The second-order valence-electron chi connectivity index (χ2n) is 6.38. The van der Waals surface area contributed by atoms with Crippen LogP contribution in [0.15, 0.2) is 8.96 Å². The van der Waals surface area contributed by atoms with Crippen molar-refractivity contribution in [2.75, 3.05) is 6.54 Å². The van der Waals surface area contributed by atoms with Gasteiger partial charge in [0.1, 0.15) is 14.7 Å². The molecule has 0 aliphatic carbocycles. The first-order valence-corrected chi connectivity index (χ1v) is 11.9. The summed E-state index contributed by atoms with van der Waals surface area (Å²) in [6, 6.07) is 0. The number of carbonyl (C=O) groups is 3. The highest BCUT2D eigenvalue weighted by atomic mass is 79.9. The highest BCUT2D eigenvalue weighted by Crippen LogP contribution is 2.29. The average Bonchev–Trinajstić information content (AvgIpc) is 2.82. The number of hydrogen-bond acceptors (Lipinski definition) is 3. The quantitative estimate of drug-likeness (QED) is 0.224. The van der Waals surface area contributed by atoms with Gasteiger partial charge < -0.3 is 4.79 Å². The summed E-state index contributed by atoms with van der Waals surface area (Å²) in [6.07, 6.45) is 10.6. The number of rotatable bonds is 11. The molecule has 0 aromatic heterocycles. The van der Waals surface area contributed by atoms with E-state index in [9.17, 15) is 14.4 Å². The maximum absolute atomic E-state index is 11.8. The van der Waals surface area contributed by atoms with Crippen molar-refractivity contribution in [3.8, 4) is 0 Å². The number of halogens is 2. The van der Waals surface area contributed by atoms with E-state index in [-0.39, 0.29) is 17.6 Å². The van der Waals surface area contributed by atoms with E-state index in [1.54, 1.807) is 6.92 Å². The van der Waals surface area contributed by atoms with Crippen LogP contribution in [0.3, 0.4) is 0 Å². The molecule has 0 atom stereocenters. The lowest BCUT2D eigenvalue weighted by Gasteiger charge is -2.13. The van der Waals surface area contributed by atoms with E-state index >= 15 is 0 Å². The van der Waals surface area contributed by atoms with E-state index in [4.69, 9.17) is 0 Å². The number of amides is 2. The SMILES string of the molecule is CC.CC(=O)CCCCCCCCCCN1C(=O)C(Br)=C(Br)C1=O.CCC. The van der Waals surface area contributed by atoms with Crippen LogP contribution >= 0.6 is 31.9 Å². The molecule has 0 saturated heterocycles. The first-order chi connectivity index (χ1) is 12.9. The highest BCUT2D eigenvalue weighted by molar-refractivity contribution is 9.14. The Morgan fingerprint density at radius 1 is 0.778 bits per heavy atom. The van der Waals surface area contributed by atoms with Crippen LogP contribution in [0.2, 0.25) is 0 Å². The molecule has 158 valence electrons. The van der Waals surface area contributed by atoms with Crippen molar-refractivity contribution >= 4 is 49.5 Å². The molecule has 0 aromatic carbocycles. The number of imide groups is 1. The fourth-order valence-electron chi connectivity index (χ4n) is 2.42. The zero-order chi connectivity index (χ0) is 21.2. The molecule has 0 aromatic rings. The summed E-state index contributed by atoms with van der Waals surface area (Å²) < 4.78 is 0.645. The normalized spacial score (nSPS) is 13.2. The summed E-state index contributed by atoms with van der Waals surface area (Å²) in [5.41, 5.74) is 0. The van der Waals surface area contributed by atoms with Crippen LogP contribution in [0.25, 0.3) is 0 Å². The van der Waals surface area contributed by atoms with Gasteiger partial charge in [-0.2, -0.15) is 0 Å². The molecule has 2 amide bonds. The third-order valence-electron chi connectivity index (χ3n) is 3.72. The van der Waals surface area contributed by atoms with Gasteiger partial charge >= 0.3 is 0 Å². The number of Topliss-reactive ketones (excluding diaryl/α,β-unsaturated/α-hetero) is 1. The van der Waals surface area contributed by atoms with E-state index in [1.807, 2.05) is 13.8 Å². The summed E-state index contributed by atoms with van der Waals surface area (Å²) in [4.78, 5) is 35.6. The van der Waals surface area contributed by atoms with Gasteiger partial charge in [-0.15, -0.1) is 0 Å². The van der Waals surface area contributed by atoms with Crippen LogP contribution < -0.4 is 0 Å². The lowest BCUT2D eigenvalue weighted by molar-refractivity contribution is -0.137. The molecule has 1 aliphatic heterocycles. The van der Waals surface area contributed by atoms with Crippen LogP contribution in [0.1, 0.15) is 98.8 Å². The Balaban J connectivity index is 0. The molecule has 1 heterocycles. The molecule has 4 nitrogen and oxygen atoms in total. The van der Waals surface area contributed by atoms with E-state index in [2.05, 4.69) is 45.7 Å². The Morgan fingerprint density at radius 2 is 1.11 bits per heavy atom. The number of hydrogen-bond donors (Lipinski definition) is 0. The van der Waals surface area contributed by atoms with Gasteiger partial charge in [-0.25, -0.2) is 0 Å². The highest BCUT2D eigenvalue weighted by Gasteiger charge is 2.35. The van der Waals surface area contributed by atoms with Crippen molar-refractivity contribution in [3.63, 3.8) is 0 Å². The van der Waals surface area contributed by atoms with Crippen molar-refractivity contribution in [2.45, 2.75) is 98.8 Å². The van der Waals surface area contributed by atoms with Gasteiger partial charge in [-0.05, 0) is 51.6 Å². The minimum atomic E-state index is -0.248. The van der Waals surface area contributed by atoms with E-state index in [1.165, 1.54) is 30.6 Å². The van der Waals surface area contributed by atoms with Crippen LogP contribution in [0.4, 0.5) is 0 Å². The third-order valence-corrected chi connectivity index (χ3v) is 5.72. The number of ketones is 1. The summed E-state index contributed by atoms with van der Waals surface area (Å²) in [5, 5.41) is 0. The number of unbranched alkanes of at least 4 members (excludes halogenated alkanes) is 7. The van der Waals surface area contributed by atoms with Crippen LogP contribution in [-0.2, 0) is 14.4 Å². The molecule has 0 bridgehead atoms. The van der Waals surface area contributed by atoms with Gasteiger partial charge in [0.25, 0.3) is 11.8 Å². The molecule has 6 heteroatoms. The summed E-state index contributed by atoms with van der Waals surface area (Å²) >= 11 is 6.24. The molecule has 0 N–H and O–H groups in total. The average molecular weight is 511 g/mol. The van der Waals surface area contributed by atoms with Gasteiger partial charge in [0.2, 0.25) is 0 Å². The summed E-state index contributed by atoms with van der Waals surface area (Å²) in [7, 11) is 0. The number of nitrogens with zero attached hydrogens (tertiary/aromatic N) is 1. The largest absolute Gasteiger partial charge is 0.300 e. The Labute approximate surface area is 182 Å². The van der Waals surface area contributed by atoms with E-state index in [0.717, 1.165) is 32.1 Å². The maximum Gasteiger partial charge on any atom is 0.269 e. The second kappa shape index (κ2) is 18.9. The second-order valence-corrected chi connectivity index (χ2v) is 7.96. The first kappa shape index (κ1) is 28.7. The molecule has 0 spiro atoms. The molecule has 0 unspecified atom stereocenters. The zero-order valence-corrected chi connectivity index (χ0v) is 20.9. The third kappa shape index (κ3) is 13.3. The van der Waals surface area contributed by atoms with Gasteiger partial charge in [-0.3, -0.25) is 14.5 Å². The molecule has 0 fully saturated rings. The number of carbonyl (C=O) groups excluding carboxylic acids is 3.